The number of rotatable bonds is 6. The molecule has 6 heteroatoms. The topological polar surface area (TPSA) is 78.1 Å². The first-order valence-corrected chi connectivity index (χ1v) is 9.68. The highest BCUT2D eigenvalue weighted by Crippen LogP contribution is 2.36. The van der Waals surface area contributed by atoms with Crippen LogP contribution in [0.1, 0.15) is 44.1 Å². The van der Waals surface area contributed by atoms with Crippen LogP contribution in [0.2, 0.25) is 0 Å². The molecule has 26 heavy (non-hydrogen) atoms. The van der Waals surface area contributed by atoms with E-state index in [-0.39, 0.29) is 11.9 Å². The summed E-state index contributed by atoms with van der Waals surface area (Å²) in [4.78, 5) is 4.42. The Morgan fingerprint density at radius 3 is 2.65 bits per heavy atom. The van der Waals surface area contributed by atoms with E-state index in [2.05, 4.69) is 22.4 Å². The minimum absolute atomic E-state index is 0.00929. The predicted molar refractivity (Wildman–Crippen MR) is 102 cm³/mol. The number of benzene rings is 1. The highest BCUT2D eigenvalue weighted by Gasteiger charge is 2.41. The summed E-state index contributed by atoms with van der Waals surface area (Å²) in [6.07, 6.45) is 7.83. The third kappa shape index (κ3) is 5.35. The summed E-state index contributed by atoms with van der Waals surface area (Å²) in [5.74, 6) is 0.977. The number of nitrogens with two attached hydrogens (primary N) is 1. The van der Waals surface area contributed by atoms with Crippen LogP contribution in [0, 0.1) is 0 Å². The van der Waals surface area contributed by atoms with Crippen LogP contribution >= 0.6 is 0 Å². The van der Waals surface area contributed by atoms with Crippen LogP contribution in [0.15, 0.2) is 29.3 Å². The Morgan fingerprint density at radius 1 is 1.23 bits per heavy atom. The van der Waals surface area contributed by atoms with E-state index in [1.807, 2.05) is 12.1 Å². The summed E-state index contributed by atoms with van der Waals surface area (Å²) in [7, 11) is 1.67. The lowest BCUT2D eigenvalue weighted by molar-refractivity contribution is -0.174. The molecule has 1 aromatic carbocycles. The maximum absolute atomic E-state index is 6.19. The number of hydrogen-bond acceptors (Lipinski definition) is 4. The molecule has 0 amide bonds. The van der Waals surface area contributed by atoms with Crippen LogP contribution in [0.4, 0.5) is 0 Å². The van der Waals surface area contributed by atoms with Gasteiger partial charge < -0.3 is 25.3 Å². The average molecular weight is 361 g/mol. The summed E-state index contributed by atoms with van der Waals surface area (Å²) in [6, 6.07) is 8.05. The number of hydrogen-bond donors (Lipinski definition) is 2. The van der Waals surface area contributed by atoms with E-state index in [0.717, 1.165) is 31.6 Å². The summed E-state index contributed by atoms with van der Waals surface area (Å²) >= 11 is 0. The largest absolute Gasteiger partial charge is 0.497 e. The molecule has 1 aromatic rings. The highest BCUT2D eigenvalue weighted by atomic mass is 16.7. The second-order valence-corrected chi connectivity index (χ2v) is 7.13. The number of ether oxygens (including phenoxy) is 3. The van der Waals surface area contributed by atoms with Crippen molar-refractivity contribution >= 4 is 5.96 Å². The highest BCUT2D eigenvalue weighted by molar-refractivity contribution is 5.77. The summed E-state index contributed by atoms with van der Waals surface area (Å²) in [5.41, 5.74) is 7.21. The predicted octanol–water partition coefficient (Wildman–Crippen LogP) is 2.61. The molecule has 3 rings (SSSR count). The van der Waals surface area contributed by atoms with Gasteiger partial charge in [-0.05, 0) is 37.0 Å². The Labute approximate surface area is 156 Å². The fourth-order valence-corrected chi connectivity index (χ4v) is 3.62. The lowest BCUT2D eigenvalue weighted by atomic mass is 10.1. The Kier molecular flexibility index (Phi) is 6.74. The molecule has 0 radical (unpaired) electrons. The maximum Gasteiger partial charge on any atom is 0.188 e. The molecule has 0 bridgehead atoms. The fourth-order valence-electron chi connectivity index (χ4n) is 3.62. The van der Waals surface area contributed by atoms with E-state index in [9.17, 15) is 0 Å². The van der Waals surface area contributed by atoms with Gasteiger partial charge in [0.05, 0.1) is 20.3 Å². The number of aliphatic imine (C=N–C) groups is 1. The molecule has 1 unspecified atom stereocenters. The molecule has 2 fully saturated rings. The van der Waals surface area contributed by atoms with E-state index in [1.165, 1.54) is 31.2 Å². The molecule has 1 spiro atoms. The number of guanidine groups is 1. The summed E-state index contributed by atoms with van der Waals surface area (Å²) in [6.45, 7) is 1.90. The molecule has 2 aliphatic rings. The van der Waals surface area contributed by atoms with E-state index in [4.69, 9.17) is 19.9 Å². The molecule has 6 nitrogen and oxygen atoms in total. The molecule has 1 heterocycles. The molecular formula is C20H31N3O3. The van der Waals surface area contributed by atoms with Crippen molar-refractivity contribution in [2.45, 2.75) is 56.8 Å². The van der Waals surface area contributed by atoms with Crippen LogP contribution in [-0.4, -0.2) is 44.7 Å². The Bertz CT molecular complexity index is 580. The standard InChI is InChI=1S/C20H31N3O3/c1-24-17-8-6-16(7-9-17)10-13-22-19(21)23-14-18-15-25-20(26-18)11-4-2-3-5-12-20/h6-9,18H,2-5,10-15H2,1H3,(H3,21,22,23). The number of nitrogens with one attached hydrogen (secondary N) is 1. The minimum Gasteiger partial charge on any atom is -0.497 e. The molecule has 1 saturated carbocycles. The van der Waals surface area contributed by atoms with Gasteiger partial charge in [0.1, 0.15) is 11.9 Å². The molecule has 1 atom stereocenters. The van der Waals surface area contributed by atoms with Crippen LogP contribution in [0.25, 0.3) is 0 Å². The quantitative estimate of drug-likeness (QED) is 0.601. The Balaban J connectivity index is 1.38. The first kappa shape index (κ1) is 19.0. The first-order valence-electron chi connectivity index (χ1n) is 9.68. The summed E-state index contributed by atoms with van der Waals surface area (Å²) < 4.78 is 17.4. The van der Waals surface area contributed by atoms with Gasteiger partial charge in [-0.3, -0.25) is 4.99 Å². The monoisotopic (exact) mass is 361 g/mol. The van der Waals surface area contributed by atoms with Gasteiger partial charge in [-0.25, -0.2) is 0 Å². The van der Waals surface area contributed by atoms with Crippen LogP contribution < -0.4 is 15.8 Å². The molecular weight excluding hydrogens is 330 g/mol. The van der Waals surface area contributed by atoms with Gasteiger partial charge in [0.2, 0.25) is 0 Å². The number of methoxy groups -OCH3 is 1. The van der Waals surface area contributed by atoms with Crippen molar-refractivity contribution in [1.82, 2.24) is 5.32 Å². The zero-order valence-electron chi connectivity index (χ0n) is 15.7. The Morgan fingerprint density at radius 2 is 1.96 bits per heavy atom. The third-order valence-electron chi connectivity index (χ3n) is 5.12. The van der Waals surface area contributed by atoms with Crippen molar-refractivity contribution in [2.24, 2.45) is 10.7 Å². The first-order chi connectivity index (χ1) is 12.7. The SMILES string of the molecule is COc1ccc(CCNC(N)=NCC2COC3(CCCCCC3)O2)cc1. The maximum atomic E-state index is 6.19. The van der Waals surface area contributed by atoms with E-state index >= 15 is 0 Å². The van der Waals surface area contributed by atoms with E-state index in [1.54, 1.807) is 7.11 Å². The summed E-state index contributed by atoms with van der Waals surface area (Å²) in [5, 5.41) is 3.16. The molecule has 0 aromatic heterocycles. The smallest absolute Gasteiger partial charge is 0.188 e. The van der Waals surface area contributed by atoms with Gasteiger partial charge in [0, 0.05) is 19.4 Å². The second kappa shape index (κ2) is 9.24. The molecule has 1 aliphatic heterocycles. The van der Waals surface area contributed by atoms with Gasteiger partial charge >= 0.3 is 0 Å². The third-order valence-corrected chi connectivity index (χ3v) is 5.12. The zero-order chi connectivity index (χ0) is 18.2. The van der Waals surface area contributed by atoms with E-state index < -0.39 is 0 Å². The van der Waals surface area contributed by atoms with Gasteiger partial charge in [-0.1, -0.05) is 25.0 Å². The number of nitrogens with zero attached hydrogens (tertiary/aromatic N) is 1. The van der Waals surface area contributed by atoms with E-state index in [0.29, 0.717) is 19.1 Å². The molecule has 1 aliphatic carbocycles. The normalized spacial score (nSPS) is 23.0. The van der Waals surface area contributed by atoms with Crippen molar-refractivity contribution in [3.05, 3.63) is 29.8 Å². The van der Waals surface area contributed by atoms with Crippen molar-refractivity contribution in [1.29, 1.82) is 0 Å². The Hall–Kier alpha value is -1.79. The zero-order valence-corrected chi connectivity index (χ0v) is 15.7. The lowest BCUT2D eigenvalue weighted by Crippen LogP contribution is -2.35. The average Bonchev–Trinajstić information content (AvgIpc) is 2.92. The van der Waals surface area contributed by atoms with Crippen LogP contribution in [-0.2, 0) is 15.9 Å². The van der Waals surface area contributed by atoms with Crippen molar-refractivity contribution in [3.63, 3.8) is 0 Å². The molecule has 144 valence electrons. The van der Waals surface area contributed by atoms with Crippen molar-refractivity contribution in [2.75, 3.05) is 26.8 Å². The minimum atomic E-state index is -0.354. The van der Waals surface area contributed by atoms with Gasteiger partial charge in [0.15, 0.2) is 11.7 Å². The lowest BCUT2D eigenvalue weighted by Gasteiger charge is -2.26. The van der Waals surface area contributed by atoms with Crippen molar-refractivity contribution < 1.29 is 14.2 Å². The van der Waals surface area contributed by atoms with Gasteiger partial charge in [-0.2, -0.15) is 0 Å². The van der Waals surface area contributed by atoms with Crippen molar-refractivity contribution in [3.8, 4) is 5.75 Å². The van der Waals surface area contributed by atoms with Gasteiger partial charge in [0.25, 0.3) is 0 Å². The second-order valence-electron chi connectivity index (χ2n) is 7.13. The molecule has 3 N–H and O–H groups in total. The molecule has 1 saturated heterocycles. The van der Waals surface area contributed by atoms with Crippen LogP contribution in [0.3, 0.4) is 0 Å². The van der Waals surface area contributed by atoms with Gasteiger partial charge in [-0.15, -0.1) is 0 Å². The van der Waals surface area contributed by atoms with Crippen LogP contribution in [0.5, 0.6) is 5.75 Å². The fraction of sp³-hybridized carbons (Fsp3) is 0.650.